The lowest BCUT2D eigenvalue weighted by molar-refractivity contribution is -0.143. The third-order valence-electron chi connectivity index (χ3n) is 5.46. The van der Waals surface area contributed by atoms with E-state index in [-0.39, 0.29) is 19.2 Å². The number of tetrazole rings is 1. The second-order valence-electron chi connectivity index (χ2n) is 7.85. The van der Waals surface area contributed by atoms with Gasteiger partial charge in [0, 0.05) is 36.8 Å². The van der Waals surface area contributed by atoms with Gasteiger partial charge in [0.25, 0.3) is 5.91 Å². The summed E-state index contributed by atoms with van der Waals surface area (Å²) in [7, 11) is 0. The van der Waals surface area contributed by atoms with E-state index in [1.165, 1.54) is 9.58 Å². The van der Waals surface area contributed by atoms with Crippen LogP contribution in [0, 0.1) is 0 Å². The average Bonchev–Trinajstić information content (AvgIpc) is 3.26. The van der Waals surface area contributed by atoms with Crippen molar-refractivity contribution in [1.29, 1.82) is 0 Å². The van der Waals surface area contributed by atoms with Crippen LogP contribution in [-0.4, -0.2) is 62.1 Å². The van der Waals surface area contributed by atoms with Crippen LogP contribution in [0.25, 0.3) is 5.69 Å². The van der Waals surface area contributed by atoms with Crippen LogP contribution in [0.3, 0.4) is 0 Å². The van der Waals surface area contributed by atoms with Crippen molar-refractivity contribution in [2.45, 2.75) is 18.9 Å². The molecular weight excluding hydrogens is 502 g/mol. The number of piperazine rings is 1. The summed E-state index contributed by atoms with van der Waals surface area (Å²) in [6.45, 7) is 1.19. The first kappa shape index (κ1) is 24.9. The standard InChI is InChI=1S/C21H17ClF6N6O/c22-16-1-3-17(4-2-16)34-18(29-30-31-34)12-32-5-7-33(8-6-32)19(35)13-9-14(20(23,24)25)11-15(10-13)21(26,27)28/h1-4,9-11H,5-8,12H2. The van der Waals surface area contributed by atoms with E-state index in [9.17, 15) is 31.1 Å². The first-order valence-electron chi connectivity index (χ1n) is 10.3. The first-order valence-corrected chi connectivity index (χ1v) is 10.6. The lowest BCUT2D eigenvalue weighted by Gasteiger charge is -2.34. The fourth-order valence-electron chi connectivity index (χ4n) is 3.66. The zero-order chi connectivity index (χ0) is 25.4. The molecule has 35 heavy (non-hydrogen) atoms. The molecule has 0 unspecified atom stereocenters. The van der Waals surface area contributed by atoms with Crippen molar-refractivity contribution in [1.82, 2.24) is 30.0 Å². The second kappa shape index (κ2) is 9.46. The summed E-state index contributed by atoms with van der Waals surface area (Å²) >= 11 is 5.90. The molecule has 1 fully saturated rings. The molecule has 3 aromatic rings. The maximum atomic E-state index is 13.1. The molecular formula is C21H17ClF6N6O. The Morgan fingerprint density at radius 1 is 0.886 bits per heavy atom. The van der Waals surface area contributed by atoms with Gasteiger partial charge in [-0.1, -0.05) is 11.6 Å². The molecule has 14 heteroatoms. The molecule has 0 aliphatic carbocycles. The number of benzene rings is 2. The van der Waals surface area contributed by atoms with E-state index in [0.29, 0.717) is 48.3 Å². The molecule has 0 saturated carbocycles. The summed E-state index contributed by atoms with van der Waals surface area (Å²) in [5.41, 5.74) is -3.02. The Morgan fingerprint density at radius 3 is 2.00 bits per heavy atom. The third kappa shape index (κ3) is 5.73. The normalized spacial score (nSPS) is 15.5. The lowest BCUT2D eigenvalue weighted by atomic mass is 10.0. The van der Waals surface area contributed by atoms with Gasteiger partial charge in [0.2, 0.25) is 0 Å². The van der Waals surface area contributed by atoms with Crippen molar-refractivity contribution in [3.63, 3.8) is 0 Å². The number of amides is 1. The molecule has 0 radical (unpaired) electrons. The number of carbonyl (C=O) groups is 1. The molecule has 2 heterocycles. The SMILES string of the molecule is O=C(c1cc(C(F)(F)F)cc(C(F)(F)F)c1)N1CCN(Cc2nnnn2-c2ccc(Cl)cc2)CC1. The van der Waals surface area contributed by atoms with Crippen molar-refractivity contribution < 1.29 is 31.1 Å². The minimum atomic E-state index is -5.02. The van der Waals surface area contributed by atoms with E-state index in [4.69, 9.17) is 11.6 Å². The molecule has 1 saturated heterocycles. The first-order chi connectivity index (χ1) is 16.4. The highest BCUT2D eigenvalue weighted by atomic mass is 35.5. The molecule has 0 bridgehead atoms. The van der Waals surface area contributed by atoms with Crippen LogP contribution in [0.4, 0.5) is 26.3 Å². The largest absolute Gasteiger partial charge is 0.416 e. The molecule has 0 atom stereocenters. The van der Waals surface area contributed by atoms with Crippen LogP contribution in [0.15, 0.2) is 42.5 Å². The molecule has 2 aromatic carbocycles. The number of rotatable bonds is 4. The number of hydrogen-bond acceptors (Lipinski definition) is 5. The molecule has 186 valence electrons. The Hall–Kier alpha value is -3.19. The highest BCUT2D eigenvalue weighted by molar-refractivity contribution is 6.30. The quantitative estimate of drug-likeness (QED) is 0.482. The number of halogens is 7. The topological polar surface area (TPSA) is 67.2 Å². The molecule has 1 aliphatic heterocycles. The lowest BCUT2D eigenvalue weighted by Crippen LogP contribution is -2.48. The monoisotopic (exact) mass is 518 g/mol. The van der Waals surface area contributed by atoms with E-state index in [0.717, 1.165) is 0 Å². The van der Waals surface area contributed by atoms with Gasteiger partial charge in [-0.3, -0.25) is 9.69 Å². The fraction of sp³-hybridized carbons (Fsp3) is 0.333. The van der Waals surface area contributed by atoms with Gasteiger partial charge in [-0.2, -0.15) is 31.0 Å². The zero-order valence-electron chi connectivity index (χ0n) is 17.8. The minimum Gasteiger partial charge on any atom is -0.336 e. The van der Waals surface area contributed by atoms with E-state index >= 15 is 0 Å². The highest BCUT2D eigenvalue weighted by Gasteiger charge is 2.38. The van der Waals surface area contributed by atoms with Gasteiger partial charge in [-0.05, 0) is 52.9 Å². The summed E-state index contributed by atoms with van der Waals surface area (Å²) in [6.07, 6.45) is -10.0. The summed E-state index contributed by atoms with van der Waals surface area (Å²) in [5, 5.41) is 12.2. The van der Waals surface area contributed by atoms with Crippen molar-refractivity contribution in [2.24, 2.45) is 0 Å². The van der Waals surface area contributed by atoms with Gasteiger partial charge >= 0.3 is 12.4 Å². The van der Waals surface area contributed by atoms with Gasteiger partial charge in [0.1, 0.15) is 0 Å². The number of carbonyl (C=O) groups excluding carboxylic acids is 1. The maximum absolute atomic E-state index is 13.1. The predicted molar refractivity (Wildman–Crippen MR) is 112 cm³/mol. The maximum Gasteiger partial charge on any atom is 0.416 e. The van der Waals surface area contributed by atoms with Crippen molar-refractivity contribution in [3.05, 3.63) is 70.0 Å². The number of nitrogens with zero attached hydrogens (tertiary/aromatic N) is 6. The van der Waals surface area contributed by atoms with Crippen LogP contribution >= 0.6 is 11.6 Å². The molecule has 0 spiro atoms. The molecule has 1 aliphatic rings. The van der Waals surface area contributed by atoms with E-state index in [1.54, 1.807) is 24.3 Å². The van der Waals surface area contributed by atoms with Crippen molar-refractivity contribution >= 4 is 17.5 Å². The fourth-order valence-corrected chi connectivity index (χ4v) is 3.78. The van der Waals surface area contributed by atoms with E-state index < -0.39 is 35.0 Å². The van der Waals surface area contributed by atoms with Crippen molar-refractivity contribution in [3.8, 4) is 5.69 Å². The number of aromatic nitrogens is 4. The minimum absolute atomic E-state index is 0.000410. The number of hydrogen-bond donors (Lipinski definition) is 0. The highest BCUT2D eigenvalue weighted by Crippen LogP contribution is 2.36. The Labute approximate surface area is 199 Å². The number of alkyl halides is 6. The molecule has 1 aromatic heterocycles. The third-order valence-corrected chi connectivity index (χ3v) is 5.72. The molecule has 7 nitrogen and oxygen atoms in total. The summed E-state index contributed by atoms with van der Waals surface area (Å²) in [5.74, 6) is -0.382. The average molecular weight is 519 g/mol. The predicted octanol–water partition coefficient (Wildman–Crippen LogP) is 4.31. The van der Waals surface area contributed by atoms with E-state index in [1.807, 2.05) is 4.90 Å². The molecule has 1 amide bonds. The Bertz CT molecular complexity index is 1170. The van der Waals surface area contributed by atoms with Gasteiger partial charge in [0.15, 0.2) is 5.82 Å². The summed E-state index contributed by atoms with van der Waals surface area (Å²) in [4.78, 5) is 15.9. The van der Waals surface area contributed by atoms with Crippen LogP contribution < -0.4 is 0 Å². The van der Waals surface area contributed by atoms with E-state index in [2.05, 4.69) is 15.5 Å². The smallest absolute Gasteiger partial charge is 0.336 e. The van der Waals surface area contributed by atoms with Gasteiger partial charge in [0.05, 0.1) is 23.4 Å². The van der Waals surface area contributed by atoms with Crippen LogP contribution in [0.2, 0.25) is 5.02 Å². The Balaban J connectivity index is 1.45. The van der Waals surface area contributed by atoms with Crippen LogP contribution in [0.5, 0.6) is 0 Å². The second-order valence-corrected chi connectivity index (χ2v) is 8.28. The van der Waals surface area contributed by atoms with Crippen LogP contribution in [-0.2, 0) is 18.9 Å². The Kier molecular flexibility index (Phi) is 6.73. The zero-order valence-corrected chi connectivity index (χ0v) is 18.6. The van der Waals surface area contributed by atoms with Gasteiger partial charge < -0.3 is 4.90 Å². The van der Waals surface area contributed by atoms with Gasteiger partial charge in [-0.25, -0.2) is 0 Å². The van der Waals surface area contributed by atoms with Crippen LogP contribution in [0.1, 0.15) is 27.3 Å². The summed E-state index contributed by atoms with van der Waals surface area (Å²) < 4.78 is 80.3. The van der Waals surface area contributed by atoms with Gasteiger partial charge in [-0.15, -0.1) is 5.10 Å². The molecule has 0 N–H and O–H groups in total. The molecule has 4 rings (SSSR count). The summed E-state index contributed by atoms with van der Waals surface area (Å²) in [6, 6.07) is 7.75. The Morgan fingerprint density at radius 2 is 1.46 bits per heavy atom. The van der Waals surface area contributed by atoms with Crippen molar-refractivity contribution in [2.75, 3.05) is 26.2 Å².